The predicted molar refractivity (Wildman–Crippen MR) is 121 cm³/mol. The number of furan rings is 1. The van der Waals surface area contributed by atoms with Gasteiger partial charge in [0.15, 0.2) is 11.5 Å². The summed E-state index contributed by atoms with van der Waals surface area (Å²) in [5.41, 5.74) is 6.83. The van der Waals surface area contributed by atoms with Gasteiger partial charge in [0.1, 0.15) is 17.3 Å². The number of hydrogen-bond donors (Lipinski definition) is 1. The second-order valence-electron chi connectivity index (χ2n) is 7.52. The third-order valence-corrected chi connectivity index (χ3v) is 5.37. The van der Waals surface area contributed by atoms with Crippen LogP contribution in [0.2, 0.25) is 0 Å². The van der Waals surface area contributed by atoms with Crippen LogP contribution in [0.3, 0.4) is 0 Å². The maximum absolute atomic E-state index is 5.65. The Bertz CT molecular complexity index is 1200. The summed E-state index contributed by atoms with van der Waals surface area (Å²) < 4.78 is 13.1. The fourth-order valence-electron chi connectivity index (χ4n) is 3.61. The predicted octanol–water partition coefficient (Wildman–Crippen LogP) is 3.89. The molecule has 0 radical (unpaired) electrons. The molecular weight excluding hydrogens is 392 g/mol. The Morgan fingerprint density at radius 2 is 1.87 bits per heavy atom. The molecule has 0 amide bonds. The minimum Gasteiger partial charge on any atom is -0.460 e. The molecule has 8 heteroatoms. The second-order valence-corrected chi connectivity index (χ2v) is 7.52. The quantitative estimate of drug-likeness (QED) is 0.393. The fraction of sp³-hybridized carbons (Fsp3) is 0.261. The van der Waals surface area contributed by atoms with Crippen LogP contribution in [0.25, 0.3) is 16.9 Å². The van der Waals surface area contributed by atoms with Gasteiger partial charge < -0.3 is 14.1 Å². The minimum atomic E-state index is 0.643. The monoisotopic (exact) mass is 416 g/mol. The van der Waals surface area contributed by atoms with Crippen molar-refractivity contribution in [1.82, 2.24) is 14.6 Å². The first-order valence-corrected chi connectivity index (χ1v) is 10.3. The standard InChI is InChI=1S/C23H24N6O2/c1-16-12-19(31-17(16)2)15-24-26-21-14-23(28-8-10-30-11-9-28)29-22(25-21)13-20(27-29)18-6-4-3-5-7-18/h3-7,12-15H,8-11H2,1-2H3,(H,25,26). The van der Waals surface area contributed by atoms with E-state index in [0.29, 0.717) is 24.8 Å². The highest BCUT2D eigenvalue weighted by atomic mass is 16.5. The average molecular weight is 416 g/mol. The van der Waals surface area contributed by atoms with Crippen LogP contribution in [0.15, 0.2) is 58.0 Å². The number of ether oxygens (including phenoxy) is 1. The average Bonchev–Trinajstić information content (AvgIpc) is 3.37. The van der Waals surface area contributed by atoms with Gasteiger partial charge in [-0.25, -0.2) is 4.98 Å². The Kier molecular flexibility index (Phi) is 5.13. The Balaban J connectivity index is 1.50. The first-order valence-electron chi connectivity index (χ1n) is 10.3. The summed E-state index contributed by atoms with van der Waals surface area (Å²) in [6.45, 7) is 6.93. The van der Waals surface area contributed by atoms with E-state index in [-0.39, 0.29) is 0 Å². The van der Waals surface area contributed by atoms with Crippen molar-refractivity contribution < 1.29 is 9.15 Å². The summed E-state index contributed by atoms with van der Waals surface area (Å²) in [5.74, 6) is 3.19. The molecule has 8 nitrogen and oxygen atoms in total. The SMILES string of the molecule is Cc1cc(C=NNc2cc(N3CCOCC3)n3nc(-c4ccccc4)cc3n2)oc1C. The molecule has 4 aromatic rings. The van der Waals surface area contributed by atoms with Crippen LogP contribution in [-0.4, -0.2) is 47.1 Å². The molecule has 3 aromatic heterocycles. The van der Waals surface area contributed by atoms with Crippen molar-refractivity contribution in [3.05, 3.63) is 65.6 Å². The molecular formula is C23H24N6O2. The summed E-state index contributed by atoms with van der Waals surface area (Å²) in [6.07, 6.45) is 1.66. The molecule has 0 aliphatic carbocycles. The maximum atomic E-state index is 5.65. The van der Waals surface area contributed by atoms with Gasteiger partial charge in [0.25, 0.3) is 0 Å². The van der Waals surface area contributed by atoms with Crippen LogP contribution in [0.4, 0.5) is 11.6 Å². The van der Waals surface area contributed by atoms with Gasteiger partial charge in [0.2, 0.25) is 0 Å². The van der Waals surface area contributed by atoms with Crippen LogP contribution in [0, 0.1) is 13.8 Å². The van der Waals surface area contributed by atoms with Gasteiger partial charge in [-0.05, 0) is 25.5 Å². The number of hydrazone groups is 1. The van der Waals surface area contributed by atoms with Gasteiger partial charge in [-0.2, -0.15) is 14.7 Å². The van der Waals surface area contributed by atoms with Crippen LogP contribution in [0.1, 0.15) is 17.1 Å². The first kappa shape index (κ1) is 19.3. The van der Waals surface area contributed by atoms with Crippen LogP contribution >= 0.6 is 0 Å². The van der Waals surface area contributed by atoms with E-state index in [1.165, 1.54) is 0 Å². The molecule has 1 aliphatic rings. The number of nitrogens with one attached hydrogen (secondary N) is 1. The van der Waals surface area contributed by atoms with E-state index in [1.807, 2.05) is 66.9 Å². The third-order valence-electron chi connectivity index (χ3n) is 5.37. The summed E-state index contributed by atoms with van der Waals surface area (Å²) in [5, 5.41) is 9.15. The summed E-state index contributed by atoms with van der Waals surface area (Å²) in [4.78, 5) is 6.98. The zero-order chi connectivity index (χ0) is 21.2. The largest absolute Gasteiger partial charge is 0.460 e. The van der Waals surface area contributed by atoms with Crippen molar-refractivity contribution in [3.8, 4) is 11.3 Å². The number of benzene rings is 1. The number of hydrogen-bond acceptors (Lipinski definition) is 7. The van der Waals surface area contributed by atoms with Crippen molar-refractivity contribution in [3.63, 3.8) is 0 Å². The van der Waals surface area contributed by atoms with Crippen LogP contribution in [0.5, 0.6) is 0 Å². The van der Waals surface area contributed by atoms with Crippen molar-refractivity contribution in [2.24, 2.45) is 5.10 Å². The molecule has 0 spiro atoms. The molecule has 4 heterocycles. The smallest absolute Gasteiger partial charge is 0.160 e. The van der Waals surface area contributed by atoms with Crippen LogP contribution in [-0.2, 0) is 4.74 Å². The van der Waals surface area contributed by atoms with E-state index < -0.39 is 0 Å². The lowest BCUT2D eigenvalue weighted by molar-refractivity contribution is 0.122. The number of rotatable bonds is 5. The topological polar surface area (TPSA) is 80.2 Å². The molecule has 1 fully saturated rings. The van der Waals surface area contributed by atoms with Gasteiger partial charge in [0, 0.05) is 30.8 Å². The zero-order valence-corrected chi connectivity index (χ0v) is 17.6. The molecule has 1 aromatic carbocycles. The van der Waals surface area contributed by atoms with E-state index in [9.17, 15) is 0 Å². The number of morpholine rings is 1. The summed E-state index contributed by atoms with van der Waals surface area (Å²) >= 11 is 0. The lowest BCUT2D eigenvalue weighted by atomic mass is 10.2. The number of fused-ring (bicyclic) bond motifs is 1. The summed E-state index contributed by atoms with van der Waals surface area (Å²) in [7, 11) is 0. The molecule has 0 atom stereocenters. The fourth-order valence-corrected chi connectivity index (χ4v) is 3.61. The molecule has 0 unspecified atom stereocenters. The minimum absolute atomic E-state index is 0.643. The highest BCUT2D eigenvalue weighted by molar-refractivity contribution is 5.77. The van der Waals surface area contributed by atoms with Gasteiger partial charge in [-0.15, -0.1) is 0 Å². The molecule has 31 heavy (non-hydrogen) atoms. The molecule has 5 rings (SSSR count). The zero-order valence-electron chi connectivity index (χ0n) is 17.6. The summed E-state index contributed by atoms with van der Waals surface area (Å²) in [6, 6.07) is 16.0. The van der Waals surface area contributed by atoms with Crippen molar-refractivity contribution in [1.29, 1.82) is 0 Å². The third kappa shape index (κ3) is 4.02. The molecule has 158 valence electrons. The molecule has 0 saturated carbocycles. The number of nitrogens with zero attached hydrogens (tertiary/aromatic N) is 5. The van der Waals surface area contributed by atoms with Gasteiger partial charge in [0.05, 0.1) is 25.1 Å². The van der Waals surface area contributed by atoms with Crippen molar-refractivity contribution >= 4 is 23.5 Å². The van der Waals surface area contributed by atoms with E-state index in [0.717, 1.165) is 47.1 Å². The highest BCUT2D eigenvalue weighted by Gasteiger charge is 2.18. The Morgan fingerprint density at radius 1 is 1.06 bits per heavy atom. The van der Waals surface area contributed by atoms with Gasteiger partial charge in [-0.1, -0.05) is 30.3 Å². The van der Waals surface area contributed by atoms with Crippen molar-refractivity contribution in [2.75, 3.05) is 36.6 Å². The van der Waals surface area contributed by atoms with Crippen molar-refractivity contribution in [2.45, 2.75) is 13.8 Å². The number of aryl methyl sites for hydroxylation is 2. The van der Waals surface area contributed by atoms with E-state index in [4.69, 9.17) is 19.2 Å². The normalized spacial score (nSPS) is 14.6. The molecule has 1 N–H and O–H groups in total. The lowest BCUT2D eigenvalue weighted by Gasteiger charge is -2.29. The number of anilines is 2. The van der Waals surface area contributed by atoms with E-state index in [1.54, 1.807) is 6.21 Å². The van der Waals surface area contributed by atoms with Gasteiger partial charge in [-0.3, -0.25) is 5.43 Å². The lowest BCUT2D eigenvalue weighted by Crippen LogP contribution is -2.37. The molecule has 0 bridgehead atoms. The van der Waals surface area contributed by atoms with Gasteiger partial charge >= 0.3 is 0 Å². The van der Waals surface area contributed by atoms with Crippen LogP contribution < -0.4 is 10.3 Å². The molecule has 1 aliphatic heterocycles. The van der Waals surface area contributed by atoms with E-state index >= 15 is 0 Å². The molecule has 1 saturated heterocycles. The Hall–Kier alpha value is -3.65. The highest BCUT2D eigenvalue weighted by Crippen LogP contribution is 2.25. The first-order chi connectivity index (χ1) is 15.2. The second kappa shape index (κ2) is 8.23. The maximum Gasteiger partial charge on any atom is 0.160 e. The Morgan fingerprint density at radius 3 is 2.61 bits per heavy atom. The number of aromatic nitrogens is 3. The van der Waals surface area contributed by atoms with E-state index in [2.05, 4.69) is 15.4 Å². The Labute approximate surface area is 180 Å².